The predicted molar refractivity (Wildman–Crippen MR) is 126 cm³/mol. The zero-order valence-electron chi connectivity index (χ0n) is 18.6. The molecule has 0 spiro atoms. The SMILES string of the molecule is CCC(C)(C)c1ccc(OCC(=O)Nc2cccc(OCCc3ccccc3)c2)cc1. The molecule has 0 unspecified atom stereocenters. The highest BCUT2D eigenvalue weighted by Crippen LogP contribution is 2.28. The summed E-state index contributed by atoms with van der Waals surface area (Å²) in [4.78, 5) is 12.3. The third-order valence-electron chi connectivity index (χ3n) is 5.51. The number of anilines is 1. The number of nitrogens with one attached hydrogen (secondary N) is 1. The summed E-state index contributed by atoms with van der Waals surface area (Å²) < 4.78 is 11.5. The van der Waals surface area contributed by atoms with Gasteiger partial charge >= 0.3 is 0 Å². The lowest BCUT2D eigenvalue weighted by atomic mass is 9.82. The van der Waals surface area contributed by atoms with Crippen molar-refractivity contribution in [2.24, 2.45) is 0 Å². The molecule has 3 rings (SSSR count). The van der Waals surface area contributed by atoms with E-state index in [0.717, 1.165) is 18.6 Å². The van der Waals surface area contributed by atoms with Gasteiger partial charge < -0.3 is 14.8 Å². The number of hydrogen-bond donors (Lipinski definition) is 1. The minimum Gasteiger partial charge on any atom is -0.493 e. The molecule has 0 aliphatic carbocycles. The van der Waals surface area contributed by atoms with Crippen molar-refractivity contribution >= 4 is 11.6 Å². The van der Waals surface area contributed by atoms with Crippen LogP contribution in [0.25, 0.3) is 0 Å². The Balaban J connectivity index is 1.46. The first kappa shape index (κ1) is 22.4. The van der Waals surface area contributed by atoms with E-state index in [0.29, 0.717) is 18.0 Å². The standard InChI is InChI=1S/C27H31NO3/c1-4-27(2,3)22-13-15-24(16-14-22)31-20-26(29)28-23-11-8-12-25(19-23)30-18-17-21-9-6-5-7-10-21/h5-16,19H,4,17-18,20H2,1-3H3,(H,28,29). The van der Waals surface area contributed by atoms with Crippen LogP contribution in [0.2, 0.25) is 0 Å². The molecule has 1 N–H and O–H groups in total. The molecule has 4 nitrogen and oxygen atoms in total. The van der Waals surface area contributed by atoms with Crippen LogP contribution < -0.4 is 14.8 Å². The highest BCUT2D eigenvalue weighted by Gasteiger charge is 2.17. The fraction of sp³-hybridized carbons (Fsp3) is 0.296. The Hall–Kier alpha value is -3.27. The number of carbonyl (C=O) groups is 1. The first-order chi connectivity index (χ1) is 15.0. The van der Waals surface area contributed by atoms with Gasteiger partial charge in [-0.1, -0.05) is 69.3 Å². The monoisotopic (exact) mass is 417 g/mol. The normalized spacial score (nSPS) is 11.1. The van der Waals surface area contributed by atoms with Crippen molar-refractivity contribution in [1.29, 1.82) is 0 Å². The summed E-state index contributed by atoms with van der Waals surface area (Å²) >= 11 is 0. The maximum atomic E-state index is 12.3. The topological polar surface area (TPSA) is 47.6 Å². The van der Waals surface area contributed by atoms with E-state index in [1.165, 1.54) is 11.1 Å². The summed E-state index contributed by atoms with van der Waals surface area (Å²) in [5.74, 6) is 1.20. The third kappa shape index (κ3) is 6.88. The lowest BCUT2D eigenvalue weighted by molar-refractivity contribution is -0.118. The molecule has 0 bridgehead atoms. The van der Waals surface area contributed by atoms with E-state index in [1.54, 1.807) is 0 Å². The van der Waals surface area contributed by atoms with Crippen molar-refractivity contribution in [3.8, 4) is 11.5 Å². The molecule has 0 atom stereocenters. The summed E-state index contributed by atoms with van der Waals surface area (Å²) in [6.07, 6.45) is 1.89. The zero-order valence-corrected chi connectivity index (χ0v) is 18.6. The van der Waals surface area contributed by atoms with Crippen molar-refractivity contribution < 1.29 is 14.3 Å². The maximum absolute atomic E-state index is 12.3. The van der Waals surface area contributed by atoms with E-state index in [2.05, 4.69) is 50.4 Å². The number of amides is 1. The van der Waals surface area contributed by atoms with Crippen LogP contribution in [0.3, 0.4) is 0 Å². The number of hydrogen-bond acceptors (Lipinski definition) is 3. The average molecular weight is 418 g/mol. The molecule has 0 aliphatic heterocycles. The number of carbonyl (C=O) groups excluding carboxylic acids is 1. The van der Waals surface area contributed by atoms with Gasteiger partial charge in [-0.05, 0) is 47.2 Å². The second kappa shape index (κ2) is 10.7. The van der Waals surface area contributed by atoms with Gasteiger partial charge in [0.25, 0.3) is 5.91 Å². The fourth-order valence-corrected chi connectivity index (χ4v) is 3.15. The average Bonchev–Trinajstić information content (AvgIpc) is 2.79. The number of ether oxygens (including phenoxy) is 2. The van der Waals surface area contributed by atoms with Crippen molar-refractivity contribution in [3.63, 3.8) is 0 Å². The van der Waals surface area contributed by atoms with E-state index in [-0.39, 0.29) is 17.9 Å². The van der Waals surface area contributed by atoms with Gasteiger partial charge in [0.1, 0.15) is 11.5 Å². The first-order valence-corrected chi connectivity index (χ1v) is 10.8. The molecule has 31 heavy (non-hydrogen) atoms. The van der Waals surface area contributed by atoms with Crippen molar-refractivity contribution in [2.75, 3.05) is 18.5 Å². The molecule has 1 amide bonds. The van der Waals surface area contributed by atoms with Crippen LogP contribution >= 0.6 is 0 Å². The Morgan fingerprint density at radius 3 is 2.32 bits per heavy atom. The molecule has 0 saturated carbocycles. The van der Waals surface area contributed by atoms with Crippen LogP contribution in [0.1, 0.15) is 38.3 Å². The molecule has 0 saturated heterocycles. The minimum absolute atomic E-state index is 0.0460. The molecular weight excluding hydrogens is 386 g/mol. The maximum Gasteiger partial charge on any atom is 0.262 e. The van der Waals surface area contributed by atoms with Crippen LogP contribution in [0.5, 0.6) is 11.5 Å². The van der Waals surface area contributed by atoms with Crippen LogP contribution in [-0.2, 0) is 16.6 Å². The summed E-state index contributed by atoms with van der Waals surface area (Å²) in [7, 11) is 0. The van der Waals surface area contributed by atoms with E-state index in [1.807, 2.05) is 54.6 Å². The van der Waals surface area contributed by atoms with Crippen molar-refractivity contribution in [1.82, 2.24) is 0 Å². The van der Waals surface area contributed by atoms with E-state index in [9.17, 15) is 4.79 Å². The lowest BCUT2D eigenvalue weighted by Gasteiger charge is -2.23. The summed E-state index contributed by atoms with van der Waals surface area (Å²) in [6.45, 7) is 7.15. The first-order valence-electron chi connectivity index (χ1n) is 10.8. The Kier molecular flexibility index (Phi) is 7.71. The van der Waals surface area contributed by atoms with Gasteiger partial charge in [-0.25, -0.2) is 0 Å². The molecule has 3 aromatic rings. The molecular formula is C27H31NO3. The largest absolute Gasteiger partial charge is 0.493 e. The Morgan fingerprint density at radius 2 is 1.61 bits per heavy atom. The van der Waals surface area contributed by atoms with Gasteiger partial charge in [0.2, 0.25) is 0 Å². The van der Waals surface area contributed by atoms with Crippen LogP contribution in [0.4, 0.5) is 5.69 Å². The second-order valence-electron chi connectivity index (χ2n) is 8.21. The van der Waals surface area contributed by atoms with Gasteiger partial charge in [0, 0.05) is 18.2 Å². The summed E-state index contributed by atoms with van der Waals surface area (Å²) in [5, 5.41) is 2.86. The molecule has 0 fully saturated rings. The minimum atomic E-state index is -0.209. The Morgan fingerprint density at radius 1 is 0.871 bits per heavy atom. The van der Waals surface area contributed by atoms with E-state index >= 15 is 0 Å². The number of benzene rings is 3. The molecule has 0 radical (unpaired) electrons. The van der Waals surface area contributed by atoms with Gasteiger partial charge in [-0.2, -0.15) is 0 Å². The Labute approximate surface area is 185 Å². The van der Waals surface area contributed by atoms with Gasteiger partial charge in [-0.15, -0.1) is 0 Å². The van der Waals surface area contributed by atoms with E-state index in [4.69, 9.17) is 9.47 Å². The summed E-state index contributed by atoms with van der Waals surface area (Å²) in [5.41, 5.74) is 3.31. The Bertz CT molecular complexity index is 965. The number of rotatable bonds is 10. The molecule has 162 valence electrons. The summed E-state index contributed by atoms with van der Waals surface area (Å²) in [6, 6.07) is 25.6. The third-order valence-corrected chi connectivity index (χ3v) is 5.51. The van der Waals surface area contributed by atoms with Crippen molar-refractivity contribution in [3.05, 3.63) is 90.0 Å². The molecule has 0 heterocycles. The smallest absolute Gasteiger partial charge is 0.262 e. The predicted octanol–water partition coefficient (Wildman–Crippen LogP) is 6.01. The van der Waals surface area contributed by atoms with E-state index < -0.39 is 0 Å². The fourth-order valence-electron chi connectivity index (χ4n) is 3.15. The molecule has 4 heteroatoms. The highest BCUT2D eigenvalue weighted by atomic mass is 16.5. The van der Waals surface area contributed by atoms with Crippen LogP contribution in [0, 0.1) is 0 Å². The van der Waals surface area contributed by atoms with Crippen molar-refractivity contribution in [2.45, 2.75) is 39.0 Å². The van der Waals surface area contributed by atoms with Gasteiger partial charge in [0.15, 0.2) is 6.61 Å². The molecule has 0 aliphatic rings. The second-order valence-corrected chi connectivity index (χ2v) is 8.21. The van der Waals surface area contributed by atoms with Gasteiger partial charge in [-0.3, -0.25) is 4.79 Å². The highest BCUT2D eigenvalue weighted by molar-refractivity contribution is 5.92. The van der Waals surface area contributed by atoms with Crippen LogP contribution in [-0.4, -0.2) is 19.1 Å². The zero-order chi connectivity index (χ0) is 22.1. The van der Waals surface area contributed by atoms with Gasteiger partial charge in [0.05, 0.1) is 6.61 Å². The lowest BCUT2D eigenvalue weighted by Crippen LogP contribution is -2.20. The van der Waals surface area contributed by atoms with Crippen LogP contribution in [0.15, 0.2) is 78.9 Å². The molecule has 3 aromatic carbocycles. The quantitative estimate of drug-likeness (QED) is 0.439. The molecule has 0 aromatic heterocycles.